The van der Waals surface area contributed by atoms with Crippen LogP contribution in [0.2, 0.25) is 0 Å². The molecular weight excluding hydrogens is 364 g/mol. The number of ether oxygens (including phenoxy) is 1. The summed E-state index contributed by atoms with van der Waals surface area (Å²) in [7, 11) is 0. The second-order valence-corrected chi connectivity index (χ2v) is 7.43. The van der Waals surface area contributed by atoms with Gasteiger partial charge in [-0.25, -0.2) is 0 Å². The Kier molecular flexibility index (Phi) is 5.99. The predicted molar refractivity (Wildman–Crippen MR) is 93.5 cm³/mol. The van der Waals surface area contributed by atoms with Crippen LogP contribution in [0, 0.1) is 6.92 Å². The highest BCUT2D eigenvalue weighted by atomic mass is 79.9. The highest BCUT2D eigenvalue weighted by Crippen LogP contribution is 2.24. The lowest BCUT2D eigenvalue weighted by molar-refractivity contribution is 0.0941. The number of nitrogens with one attached hydrogen (secondary N) is 1. The van der Waals surface area contributed by atoms with Gasteiger partial charge in [0.15, 0.2) is 0 Å². The fourth-order valence-corrected chi connectivity index (χ4v) is 3.04. The molecule has 0 unspecified atom stereocenters. The van der Waals surface area contributed by atoms with Gasteiger partial charge in [0.05, 0.1) is 3.79 Å². The molecule has 0 fully saturated rings. The summed E-state index contributed by atoms with van der Waals surface area (Å²) in [6.45, 7) is 4.72. The van der Waals surface area contributed by atoms with Gasteiger partial charge in [0.25, 0.3) is 5.91 Å². The average molecular weight is 383 g/mol. The second-order valence-electron chi connectivity index (χ2n) is 5.14. The molecule has 0 saturated carbocycles. The molecule has 1 heterocycles. The summed E-state index contributed by atoms with van der Waals surface area (Å²) in [5, 5.41) is 4.89. The Balaban J connectivity index is 2.07. The van der Waals surface area contributed by atoms with Crippen molar-refractivity contribution in [2.75, 3.05) is 6.54 Å². The van der Waals surface area contributed by atoms with Gasteiger partial charge >= 0.3 is 0 Å². The molecule has 2 aromatic rings. The van der Waals surface area contributed by atoms with Gasteiger partial charge in [-0.1, -0.05) is 6.07 Å². The van der Waals surface area contributed by atoms with Crippen molar-refractivity contribution in [1.82, 2.24) is 5.32 Å². The standard InChI is InChI=1S/C16H19BrN2O2S/c1-10-3-4-13(16(20)19-11(2)7-18)6-14(10)21-8-12-5-15(17)22-9-12/h3-6,9,11H,7-8,18H2,1-2H3,(H,19,20)/t11-/m0/s1. The Morgan fingerprint density at radius 1 is 1.45 bits per heavy atom. The molecule has 4 nitrogen and oxygen atoms in total. The molecular formula is C16H19BrN2O2S. The number of hydrogen-bond donors (Lipinski definition) is 2. The largest absolute Gasteiger partial charge is 0.489 e. The minimum absolute atomic E-state index is 0.0543. The minimum Gasteiger partial charge on any atom is -0.489 e. The highest BCUT2D eigenvalue weighted by Gasteiger charge is 2.11. The highest BCUT2D eigenvalue weighted by molar-refractivity contribution is 9.11. The molecule has 0 saturated heterocycles. The molecule has 3 N–H and O–H groups in total. The van der Waals surface area contributed by atoms with Gasteiger partial charge in [-0.05, 0) is 58.9 Å². The topological polar surface area (TPSA) is 64.4 Å². The van der Waals surface area contributed by atoms with Crippen molar-refractivity contribution >= 4 is 33.2 Å². The van der Waals surface area contributed by atoms with E-state index < -0.39 is 0 Å². The van der Waals surface area contributed by atoms with Gasteiger partial charge < -0.3 is 15.8 Å². The van der Waals surface area contributed by atoms with Gasteiger partial charge in [0, 0.05) is 23.7 Å². The molecule has 0 aliphatic carbocycles. The Labute approximate surface area is 142 Å². The Bertz CT molecular complexity index is 657. The summed E-state index contributed by atoms with van der Waals surface area (Å²) in [5.41, 5.74) is 8.20. The van der Waals surface area contributed by atoms with Crippen molar-refractivity contribution in [3.63, 3.8) is 0 Å². The van der Waals surface area contributed by atoms with Crippen LogP contribution in [0.3, 0.4) is 0 Å². The number of thiophene rings is 1. The third kappa shape index (κ3) is 4.56. The zero-order valence-corrected chi connectivity index (χ0v) is 15.0. The number of hydrogen-bond acceptors (Lipinski definition) is 4. The number of nitrogens with two attached hydrogens (primary N) is 1. The zero-order chi connectivity index (χ0) is 16.1. The molecule has 1 aromatic heterocycles. The molecule has 1 atom stereocenters. The van der Waals surface area contributed by atoms with E-state index in [-0.39, 0.29) is 11.9 Å². The predicted octanol–water partition coefficient (Wildman–Crippen LogP) is 3.48. The van der Waals surface area contributed by atoms with Crippen LogP contribution >= 0.6 is 27.3 Å². The maximum absolute atomic E-state index is 12.1. The molecule has 1 aromatic carbocycles. The molecule has 0 radical (unpaired) electrons. The van der Waals surface area contributed by atoms with E-state index in [0.29, 0.717) is 18.7 Å². The SMILES string of the molecule is Cc1ccc(C(=O)N[C@@H](C)CN)cc1OCc1csc(Br)c1. The summed E-state index contributed by atoms with van der Waals surface area (Å²) in [6.07, 6.45) is 0. The van der Waals surface area contributed by atoms with E-state index in [2.05, 4.69) is 21.2 Å². The maximum atomic E-state index is 12.1. The minimum atomic E-state index is -0.138. The van der Waals surface area contributed by atoms with Gasteiger partial charge in [0.1, 0.15) is 12.4 Å². The smallest absolute Gasteiger partial charge is 0.251 e. The normalized spacial score (nSPS) is 12.0. The first-order valence-electron chi connectivity index (χ1n) is 6.97. The maximum Gasteiger partial charge on any atom is 0.251 e. The molecule has 22 heavy (non-hydrogen) atoms. The number of carbonyl (C=O) groups is 1. The average Bonchev–Trinajstić information content (AvgIpc) is 2.91. The Morgan fingerprint density at radius 3 is 2.86 bits per heavy atom. The van der Waals surface area contributed by atoms with Gasteiger partial charge in [-0.15, -0.1) is 11.3 Å². The number of benzene rings is 1. The van der Waals surface area contributed by atoms with Crippen molar-refractivity contribution in [2.24, 2.45) is 5.73 Å². The van der Waals surface area contributed by atoms with Crippen LogP contribution < -0.4 is 15.8 Å². The van der Waals surface area contributed by atoms with Crippen LogP contribution in [-0.4, -0.2) is 18.5 Å². The van der Waals surface area contributed by atoms with Gasteiger partial charge in [-0.3, -0.25) is 4.79 Å². The Morgan fingerprint density at radius 2 is 2.23 bits per heavy atom. The fourth-order valence-electron chi connectivity index (χ4n) is 1.85. The van der Waals surface area contributed by atoms with Crippen molar-refractivity contribution in [2.45, 2.75) is 26.5 Å². The third-order valence-corrected chi connectivity index (χ3v) is 4.75. The summed E-state index contributed by atoms with van der Waals surface area (Å²) in [6, 6.07) is 7.43. The van der Waals surface area contributed by atoms with Crippen LogP contribution in [0.5, 0.6) is 5.75 Å². The van der Waals surface area contributed by atoms with E-state index in [1.165, 1.54) is 0 Å². The number of rotatable bonds is 6. The lowest BCUT2D eigenvalue weighted by Gasteiger charge is -2.13. The Hall–Kier alpha value is -1.37. The third-order valence-electron chi connectivity index (χ3n) is 3.20. The number of carbonyl (C=O) groups excluding carboxylic acids is 1. The lowest BCUT2D eigenvalue weighted by atomic mass is 10.1. The molecule has 118 valence electrons. The molecule has 0 bridgehead atoms. The van der Waals surface area contributed by atoms with Crippen LogP contribution in [0.4, 0.5) is 0 Å². The van der Waals surface area contributed by atoms with Gasteiger partial charge in [-0.2, -0.15) is 0 Å². The first kappa shape index (κ1) is 17.0. The van der Waals surface area contributed by atoms with E-state index in [1.807, 2.05) is 31.4 Å². The quantitative estimate of drug-likeness (QED) is 0.803. The lowest BCUT2D eigenvalue weighted by Crippen LogP contribution is -2.37. The van der Waals surface area contributed by atoms with Crippen molar-refractivity contribution in [1.29, 1.82) is 0 Å². The summed E-state index contributed by atoms with van der Waals surface area (Å²) in [5.74, 6) is 0.580. The number of aryl methyl sites for hydroxylation is 1. The van der Waals surface area contributed by atoms with Crippen molar-refractivity contribution in [3.05, 3.63) is 50.1 Å². The van der Waals surface area contributed by atoms with E-state index in [0.717, 1.165) is 20.7 Å². The van der Waals surface area contributed by atoms with Crippen LogP contribution in [0.25, 0.3) is 0 Å². The molecule has 0 spiro atoms. The van der Waals surface area contributed by atoms with E-state index in [9.17, 15) is 4.79 Å². The zero-order valence-electron chi connectivity index (χ0n) is 12.6. The van der Waals surface area contributed by atoms with Crippen LogP contribution in [0.15, 0.2) is 33.4 Å². The molecule has 6 heteroatoms. The molecule has 1 amide bonds. The number of amides is 1. The first-order chi connectivity index (χ1) is 10.5. The van der Waals surface area contributed by atoms with Gasteiger partial charge in [0.2, 0.25) is 0 Å². The van der Waals surface area contributed by atoms with Crippen LogP contribution in [0.1, 0.15) is 28.4 Å². The first-order valence-corrected chi connectivity index (χ1v) is 8.64. The van der Waals surface area contributed by atoms with E-state index >= 15 is 0 Å². The molecule has 0 aliphatic rings. The summed E-state index contributed by atoms with van der Waals surface area (Å²) < 4.78 is 6.92. The monoisotopic (exact) mass is 382 g/mol. The van der Waals surface area contributed by atoms with Crippen molar-refractivity contribution in [3.8, 4) is 5.75 Å². The number of halogens is 1. The van der Waals surface area contributed by atoms with Crippen molar-refractivity contribution < 1.29 is 9.53 Å². The second kappa shape index (κ2) is 7.76. The van der Waals surface area contributed by atoms with E-state index in [4.69, 9.17) is 10.5 Å². The summed E-state index contributed by atoms with van der Waals surface area (Å²) in [4.78, 5) is 12.1. The fraction of sp³-hybridized carbons (Fsp3) is 0.312. The molecule has 0 aliphatic heterocycles. The summed E-state index contributed by atoms with van der Waals surface area (Å²) >= 11 is 5.05. The van der Waals surface area contributed by atoms with Crippen LogP contribution in [-0.2, 0) is 6.61 Å². The van der Waals surface area contributed by atoms with E-state index in [1.54, 1.807) is 23.5 Å². The molecule has 2 rings (SSSR count).